The molecule has 0 saturated heterocycles. The van der Waals surface area contributed by atoms with E-state index in [1.807, 2.05) is 6.08 Å². The fourth-order valence-electron chi connectivity index (χ4n) is 0.964. The summed E-state index contributed by atoms with van der Waals surface area (Å²) in [5.74, 6) is -1.07. The molecule has 1 aliphatic heterocycles. The lowest BCUT2D eigenvalue weighted by Gasteiger charge is -1.98. The Morgan fingerprint density at radius 1 is 1.75 bits per heavy atom. The molecule has 0 aromatic heterocycles. The van der Waals surface area contributed by atoms with Gasteiger partial charge in [0, 0.05) is 18.6 Å². The Labute approximate surface area is 46.9 Å². The highest BCUT2D eigenvalue weighted by Crippen LogP contribution is 2.50. The predicted molar refractivity (Wildman–Crippen MR) is 29.6 cm³/mol. The first-order valence-electron chi connectivity index (χ1n) is 2.72. The van der Waals surface area contributed by atoms with E-state index in [4.69, 9.17) is 0 Å². The molecule has 0 bridgehead atoms. The molecule has 8 heavy (non-hydrogen) atoms. The maximum Gasteiger partial charge on any atom is 0.206 e. The third kappa shape index (κ3) is 0.377. The summed E-state index contributed by atoms with van der Waals surface area (Å²) in [4.78, 5) is 3.66. The zero-order valence-corrected chi connectivity index (χ0v) is 4.34. The van der Waals surface area contributed by atoms with Gasteiger partial charge in [-0.05, 0) is 6.08 Å². The van der Waals surface area contributed by atoms with Gasteiger partial charge in [-0.25, -0.2) is 4.39 Å². The molecule has 0 aromatic carbocycles. The Balaban J connectivity index is 2.33. The predicted octanol–water partition coefficient (Wildman–Crippen LogP) is 1.31. The van der Waals surface area contributed by atoms with E-state index in [1.165, 1.54) is 6.21 Å². The van der Waals surface area contributed by atoms with Crippen LogP contribution in [0.2, 0.25) is 0 Å². The third-order valence-corrected chi connectivity index (χ3v) is 1.63. The van der Waals surface area contributed by atoms with Crippen molar-refractivity contribution >= 4 is 6.21 Å². The third-order valence-electron chi connectivity index (χ3n) is 1.63. The van der Waals surface area contributed by atoms with Gasteiger partial charge in [-0.1, -0.05) is 6.08 Å². The number of hydrogen-bond donors (Lipinski definition) is 0. The summed E-state index contributed by atoms with van der Waals surface area (Å²) >= 11 is 0. The van der Waals surface area contributed by atoms with Crippen LogP contribution in [0.1, 0.15) is 6.42 Å². The van der Waals surface area contributed by atoms with Crippen molar-refractivity contribution in [1.82, 2.24) is 0 Å². The minimum atomic E-state index is -1.17. The average molecular weight is 111 g/mol. The number of hydrogen-bond acceptors (Lipinski definition) is 1. The minimum Gasteiger partial charge on any atom is -0.253 e. The summed E-state index contributed by atoms with van der Waals surface area (Å²) in [5, 5.41) is 0. The van der Waals surface area contributed by atoms with Crippen molar-refractivity contribution in [3.8, 4) is 0 Å². The normalized spacial score (nSPS) is 48.9. The zero-order chi connectivity index (χ0) is 5.61. The van der Waals surface area contributed by atoms with Crippen molar-refractivity contribution in [1.29, 1.82) is 0 Å². The van der Waals surface area contributed by atoms with Gasteiger partial charge in [0.15, 0.2) is 0 Å². The number of allylic oxidation sites excluding steroid dienone is 1. The molecule has 0 N–H and O–H groups in total. The minimum absolute atomic E-state index is 0.104. The molecule has 42 valence electrons. The zero-order valence-electron chi connectivity index (χ0n) is 4.34. The summed E-state index contributed by atoms with van der Waals surface area (Å²) in [6.45, 7) is 0. The summed E-state index contributed by atoms with van der Waals surface area (Å²) in [7, 11) is 0. The Bertz CT molecular complexity index is 173. The first kappa shape index (κ1) is 4.24. The molecular formula is C6H6FN. The largest absolute Gasteiger partial charge is 0.253 e. The van der Waals surface area contributed by atoms with Crippen LogP contribution >= 0.6 is 0 Å². The van der Waals surface area contributed by atoms with Gasteiger partial charge in [0.2, 0.25) is 5.79 Å². The molecule has 1 nitrogen and oxygen atoms in total. The highest BCUT2D eigenvalue weighted by Gasteiger charge is 2.54. The topological polar surface area (TPSA) is 12.4 Å². The summed E-state index contributed by atoms with van der Waals surface area (Å²) in [6.07, 6.45) is 5.80. The first-order valence-corrected chi connectivity index (χ1v) is 2.72. The van der Waals surface area contributed by atoms with E-state index < -0.39 is 5.79 Å². The lowest BCUT2D eigenvalue weighted by molar-refractivity contribution is 0.307. The van der Waals surface area contributed by atoms with Crippen molar-refractivity contribution in [2.45, 2.75) is 12.2 Å². The van der Waals surface area contributed by atoms with Gasteiger partial charge < -0.3 is 0 Å². The number of fused-ring (bicyclic) bond motifs is 1. The fraction of sp³-hybridized carbons (Fsp3) is 0.500. The van der Waals surface area contributed by atoms with Crippen molar-refractivity contribution in [3.63, 3.8) is 0 Å². The molecule has 1 heterocycles. The van der Waals surface area contributed by atoms with Crippen molar-refractivity contribution in [3.05, 3.63) is 12.2 Å². The van der Waals surface area contributed by atoms with Crippen molar-refractivity contribution in [2.24, 2.45) is 10.9 Å². The van der Waals surface area contributed by atoms with Gasteiger partial charge >= 0.3 is 0 Å². The van der Waals surface area contributed by atoms with E-state index in [1.54, 1.807) is 6.08 Å². The van der Waals surface area contributed by atoms with Gasteiger partial charge in [0.05, 0.1) is 0 Å². The summed E-state index contributed by atoms with van der Waals surface area (Å²) < 4.78 is 12.7. The van der Waals surface area contributed by atoms with Crippen LogP contribution in [-0.2, 0) is 0 Å². The first-order chi connectivity index (χ1) is 3.81. The number of rotatable bonds is 0. The number of dihydropyridines is 1. The molecule has 2 aliphatic rings. The lowest BCUT2D eigenvalue weighted by atomic mass is 10.3. The quantitative estimate of drug-likeness (QED) is 0.418. The van der Waals surface area contributed by atoms with Gasteiger partial charge in [-0.3, -0.25) is 4.99 Å². The fourth-order valence-corrected chi connectivity index (χ4v) is 0.964. The van der Waals surface area contributed by atoms with Crippen molar-refractivity contribution < 1.29 is 4.39 Å². The second kappa shape index (κ2) is 1.02. The maximum atomic E-state index is 12.7. The molecule has 0 amide bonds. The van der Waals surface area contributed by atoms with Crippen LogP contribution in [0.4, 0.5) is 4.39 Å². The molecule has 1 aliphatic carbocycles. The molecule has 2 heteroatoms. The van der Waals surface area contributed by atoms with Crippen LogP contribution in [-0.4, -0.2) is 12.0 Å². The van der Waals surface area contributed by atoms with Crippen LogP contribution in [0, 0.1) is 5.92 Å². The summed E-state index contributed by atoms with van der Waals surface area (Å²) in [5.41, 5.74) is 0. The molecule has 0 spiro atoms. The van der Waals surface area contributed by atoms with Crippen LogP contribution in [0.5, 0.6) is 0 Å². The Morgan fingerprint density at radius 2 is 2.62 bits per heavy atom. The van der Waals surface area contributed by atoms with Gasteiger partial charge in [-0.2, -0.15) is 0 Å². The average Bonchev–Trinajstić information content (AvgIpc) is 2.39. The molecule has 2 rings (SSSR count). The monoisotopic (exact) mass is 111 g/mol. The second-order valence-electron chi connectivity index (χ2n) is 2.29. The van der Waals surface area contributed by atoms with Crippen LogP contribution < -0.4 is 0 Å². The number of halogens is 1. The standard InChI is InChI=1S/C6H6FN/c7-6-4-5(6)2-1-3-8-6/h1-3,5H,4H2. The highest BCUT2D eigenvalue weighted by atomic mass is 19.1. The number of aliphatic imine (C=N–C) groups is 1. The van der Waals surface area contributed by atoms with Crippen molar-refractivity contribution in [2.75, 3.05) is 0 Å². The lowest BCUT2D eigenvalue weighted by Crippen LogP contribution is -2.00. The van der Waals surface area contributed by atoms with Gasteiger partial charge in [-0.15, -0.1) is 0 Å². The van der Waals surface area contributed by atoms with E-state index in [-0.39, 0.29) is 5.92 Å². The maximum absolute atomic E-state index is 12.7. The van der Waals surface area contributed by atoms with Crippen LogP contribution in [0.15, 0.2) is 17.1 Å². The Kier molecular flexibility index (Phi) is 0.539. The highest BCUT2D eigenvalue weighted by molar-refractivity contribution is 5.73. The van der Waals surface area contributed by atoms with E-state index in [2.05, 4.69) is 4.99 Å². The SMILES string of the molecule is FC12CC1C=CC=N2. The van der Waals surface area contributed by atoms with E-state index in [0.29, 0.717) is 6.42 Å². The van der Waals surface area contributed by atoms with Gasteiger partial charge in [0.1, 0.15) is 0 Å². The second-order valence-corrected chi connectivity index (χ2v) is 2.29. The number of nitrogens with zero attached hydrogens (tertiary/aromatic N) is 1. The Hall–Kier alpha value is -0.660. The molecule has 0 aromatic rings. The van der Waals surface area contributed by atoms with E-state index >= 15 is 0 Å². The van der Waals surface area contributed by atoms with Crippen LogP contribution in [0.3, 0.4) is 0 Å². The Morgan fingerprint density at radius 3 is 3.12 bits per heavy atom. The molecular weight excluding hydrogens is 105 g/mol. The number of alkyl halides is 1. The molecule has 1 saturated carbocycles. The molecule has 0 radical (unpaired) electrons. The van der Waals surface area contributed by atoms with E-state index in [9.17, 15) is 4.39 Å². The van der Waals surface area contributed by atoms with Crippen LogP contribution in [0.25, 0.3) is 0 Å². The van der Waals surface area contributed by atoms with Gasteiger partial charge in [0.25, 0.3) is 0 Å². The van der Waals surface area contributed by atoms with E-state index in [0.717, 1.165) is 0 Å². The molecule has 1 fully saturated rings. The summed E-state index contributed by atoms with van der Waals surface area (Å²) in [6, 6.07) is 0. The molecule has 2 unspecified atom stereocenters. The molecule has 2 atom stereocenters. The smallest absolute Gasteiger partial charge is 0.206 e.